The van der Waals surface area contributed by atoms with Crippen molar-refractivity contribution in [2.24, 2.45) is 0 Å². The Morgan fingerprint density at radius 1 is 1.18 bits per heavy atom. The fourth-order valence-electron chi connectivity index (χ4n) is 3.02. The van der Waals surface area contributed by atoms with Crippen molar-refractivity contribution in [2.45, 2.75) is 19.9 Å². The quantitative estimate of drug-likeness (QED) is 0.836. The molecule has 120 valence electrons. The van der Waals surface area contributed by atoms with Crippen molar-refractivity contribution < 1.29 is 9.59 Å². The zero-order valence-electron chi connectivity index (χ0n) is 13.0. The maximum atomic E-state index is 12.6. The van der Waals surface area contributed by atoms with E-state index in [4.69, 9.17) is 0 Å². The van der Waals surface area contributed by atoms with Gasteiger partial charge < -0.3 is 14.8 Å². The highest BCUT2D eigenvalue weighted by molar-refractivity contribution is 7.99. The number of aryl methyl sites for hydroxylation is 2. The SMILES string of the molecule is Cc1cc(C(=O)N2CCN(C(=O)C3CSCN3)CC2)c(C)[nH]1. The van der Waals surface area contributed by atoms with Crippen molar-refractivity contribution in [1.82, 2.24) is 20.1 Å². The lowest BCUT2D eigenvalue weighted by Crippen LogP contribution is -2.54. The number of nitrogens with zero attached hydrogens (tertiary/aromatic N) is 2. The largest absolute Gasteiger partial charge is 0.362 e. The van der Waals surface area contributed by atoms with Crippen molar-refractivity contribution in [3.05, 3.63) is 23.0 Å². The van der Waals surface area contributed by atoms with Gasteiger partial charge in [-0.1, -0.05) is 0 Å². The van der Waals surface area contributed by atoms with E-state index in [2.05, 4.69) is 10.3 Å². The number of aromatic nitrogens is 1. The van der Waals surface area contributed by atoms with Crippen LogP contribution in [0.15, 0.2) is 6.07 Å². The predicted molar refractivity (Wildman–Crippen MR) is 87.0 cm³/mol. The lowest BCUT2D eigenvalue weighted by atomic mass is 10.2. The van der Waals surface area contributed by atoms with Crippen molar-refractivity contribution in [3.63, 3.8) is 0 Å². The molecule has 1 unspecified atom stereocenters. The van der Waals surface area contributed by atoms with Gasteiger partial charge in [-0.3, -0.25) is 14.9 Å². The van der Waals surface area contributed by atoms with Gasteiger partial charge in [0.2, 0.25) is 5.91 Å². The highest BCUT2D eigenvalue weighted by Crippen LogP contribution is 2.16. The van der Waals surface area contributed by atoms with Gasteiger partial charge in [-0.05, 0) is 19.9 Å². The number of carbonyl (C=O) groups excluding carboxylic acids is 2. The summed E-state index contributed by atoms with van der Waals surface area (Å²) < 4.78 is 0. The van der Waals surface area contributed by atoms with Gasteiger partial charge in [0.15, 0.2) is 0 Å². The average molecular weight is 322 g/mol. The molecule has 7 heteroatoms. The van der Waals surface area contributed by atoms with E-state index in [0.717, 1.165) is 28.6 Å². The van der Waals surface area contributed by atoms with Crippen LogP contribution >= 0.6 is 11.8 Å². The van der Waals surface area contributed by atoms with Crippen LogP contribution in [0, 0.1) is 13.8 Å². The summed E-state index contributed by atoms with van der Waals surface area (Å²) >= 11 is 1.75. The molecular weight excluding hydrogens is 300 g/mol. The topological polar surface area (TPSA) is 68.4 Å². The molecule has 0 radical (unpaired) electrons. The van der Waals surface area contributed by atoms with Crippen LogP contribution < -0.4 is 5.32 Å². The lowest BCUT2D eigenvalue weighted by molar-refractivity contribution is -0.134. The van der Waals surface area contributed by atoms with Gasteiger partial charge >= 0.3 is 0 Å². The van der Waals surface area contributed by atoms with E-state index >= 15 is 0 Å². The van der Waals surface area contributed by atoms with E-state index in [0.29, 0.717) is 26.2 Å². The molecule has 3 rings (SSSR count). The van der Waals surface area contributed by atoms with Crippen LogP contribution in [-0.4, -0.2) is 70.4 Å². The van der Waals surface area contributed by atoms with Crippen molar-refractivity contribution >= 4 is 23.6 Å². The average Bonchev–Trinajstić information content (AvgIpc) is 3.15. The summed E-state index contributed by atoms with van der Waals surface area (Å²) in [6.07, 6.45) is 0. The van der Waals surface area contributed by atoms with Gasteiger partial charge in [0.1, 0.15) is 0 Å². The standard InChI is InChI=1S/C15H22N4O2S/c1-10-7-12(11(2)17-10)14(20)18-3-5-19(6-4-18)15(21)13-8-22-9-16-13/h7,13,16-17H,3-6,8-9H2,1-2H3. The summed E-state index contributed by atoms with van der Waals surface area (Å²) in [5.74, 6) is 1.93. The van der Waals surface area contributed by atoms with Gasteiger partial charge in [-0.2, -0.15) is 0 Å². The highest BCUT2D eigenvalue weighted by Gasteiger charge is 2.31. The Balaban J connectivity index is 1.58. The number of H-pyrrole nitrogens is 1. The van der Waals surface area contributed by atoms with Crippen molar-refractivity contribution in [3.8, 4) is 0 Å². The first-order valence-corrected chi connectivity index (χ1v) is 8.77. The number of hydrogen-bond donors (Lipinski definition) is 2. The molecule has 2 N–H and O–H groups in total. The van der Waals surface area contributed by atoms with Crippen LogP contribution in [0.3, 0.4) is 0 Å². The third kappa shape index (κ3) is 3.01. The van der Waals surface area contributed by atoms with Gasteiger partial charge in [-0.15, -0.1) is 11.8 Å². The molecule has 2 aliphatic rings. The van der Waals surface area contributed by atoms with Gasteiger partial charge in [0.05, 0.1) is 11.6 Å². The maximum absolute atomic E-state index is 12.6. The Morgan fingerprint density at radius 2 is 1.86 bits per heavy atom. The summed E-state index contributed by atoms with van der Waals surface area (Å²) in [6, 6.07) is 1.84. The molecule has 0 aliphatic carbocycles. The number of piperazine rings is 1. The smallest absolute Gasteiger partial charge is 0.255 e. The van der Waals surface area contributed by atoms with E-state index in [-0.39, 0.29) is 17.9 Å². The second-order valence-corrected chi connectivity index (χ2v) is 6.91. The molecular formula is C15H22N4O2S. The van der Waals surface area contributed by atoms with E-state index in [9.17, 15) is 9.59 Å². The molecule has 22 heavy (non-hydrogen) atoms. The minimum absolute atomic E-state index is 0.0539. The molecule has 6 nitrogen and oxygen atoms in total. The molecule has 1 atom stereocenters. The van der Waals surface area contributed by atoms with Crippen molar-refractivity contribution in [2.75, 3.05) is 37.8 Å². The molecule has 3 heterocycles. The first-order valence-electron chi connectivity index (χ1n) is 7.61. The number of carbonyl (C=O) groups is 2. The van der Waals surface area contributed by atoms with E-state index < -0.39 is 0 Å². The minimum atomic E-state index is -0.0539. The Morgan fingerprint density at radius 3 is 2.41 bits per heavy atom. The van der Waals surface area contributed by atoms with Gasteiger partial charge in [0.25, 0.3) is 5.91 Å². The first-order chi connectivity index (χ1) is 10.6. The normalized spacial score (nSPS) is 22.2. The molecule has 0 saturated carbocycles. The summed E-state index contributed by atoms with van der Waals surface area (Å²) in [4.78, 5) is 31.8. The fraction of sp³-hybridized carbons (Fsp3) is 0.600. The molecule has 1 aromatic heterocycles. The summed E-state index contributed by atoms with van der Waals surface area (Å²) in [5.41, 5.74) is 2.65. The number of rotatable bonds is 2. The molecule has 0 aromatic carbocycles. The third-order valence-corrected chi connectivity index (χ3v) is 5.21. The number of aromatic amines is 1. The molecule has 1 aromatic rings. The fourth-order valence-corrected chi connectivity index (χ4v) is 3.95. The highest BCUT2D eigenvalue weighted by atomic mass is 32.2. The second kappa shape index (κ2) is 6.34. The van der Waals surface area contributed by atoms with E-state index in [1.165, 1.54) is 0 Å². The zero-order chi connectivity index (χ0) is 15.7. The second-order valence-electron chi connectivity index (χ2n) is 5.88. The number of hydrogen-bond acceptors (Lipinski definition) is 4. The minimum Gasteiger partial charge on any atom is -0.362 e. The molecule has 0 bridgehead atoms. The van der Waals surface area contributed by atoms with Crippen LogP contribution in [-0.2, 0) is 4.79 Å². The first kappa shape index (κ1) is 15.4. The van der Waals surface area contributed by atoms with Crippen molar-refractivity contribution in [1.29, 1.82) is 0 Å². The number of amides is 2. The predicted octanol–water partition coefficient (Wildman–Crippen LogP) is 0.578. The monoisotopic (exact) mass is 322 g/mol. The summed E-state index contributed by atoms with van der Waals surface area (Å²) in [7, 11) is 0. The Hall–Kier alpha value is -1.47. The Kier molecular flexibility index (Phi) is 4.44. The Bertz CT molecular complexity index is 572. The van der Waals surface area contributed by atoms with Crippen LogP contribution in [0.4, 0.5) is 0 Å². The van der Waals surface area contributed by atoms with Gasteiger partial charge in [0, 0.05) is 49.2 Å². The number of nitrogens with one attached hydrogen (secondary N) is 2. The summed E-state index contributed by atoms with van der Waals surface area (Å²) in [6.45, 7) is 6.32. The number of thioether (sulfide) groups is 1. The van der Waals surface area contributed by atoms with Crippen LogP contribution in [0.25, 0.3) is 0 Å². The third-order valence-electron chi connectivity index (χ3n) is 4.27. The molecule has 2 fully saturated rings. The van der Waals surface area contributed by atoms with Crippen LogP contribution in [0.2, 0.25) is 0 Å². The summed E-state index contributed by atoms with van der Waals surface area (Å²) in [5, 5.41) is 3.21. The van der Waals surface area contributed by atoms with E-state index in [1.807, 2.05) is 29.7 Å². The molecule has 0 spiro atoms. The van der Waals surface area contributed by atoms with Gasteiger partial charge in [-0.25, -0.2) is 0 Å². The van der Waals surface area contributed by atoms with Crippen LogP contribution in [0.1, 0.15) is 21.7 Å². The Labute approximate surface area is 134 Å². The molecule has 2 saturated heterocycles. The zero-order valence-corrected chi connectivity index (χ0v) is 13.8. The lowest BCUT2D eigenvalue weighted by Gasteiger charge is -2.35. The van der Waals surface area contributed by atoms with E-state index in [1.54, 1.807) is 11.8 Å². The van der Waals surface area contributed by atoms with Crippen LogP contribution in [0.5, 0.6) is 0 Å². The molecule has 2 amide bonds. The molecule has 2 aliphatic heterocycles. The maximum Gasteiger partial charge on any atom is 0.255 e.